The number of nitrogens with zero attached hydrogens (tertiary/aromatic N) is 2. The van der Waals surface area contributed by atoms with Gasteiger partial charge in [0.05, 0.1) is 11.9 Å². The predicted octanol–water partition coefficient (Wildman–Crippen LogP) is 1.12. The fourth-order valence-corrected chi connectivity index (χ4v) is 3.24. The van der Waals surface area contributed by atoms with Gasteiger partial charge in [-0.15, -0.1) is 0 Å². The number of hydrogen-bond acceptors (Lipinski definition) is 5. The second kappa shape index (κ2) is 10.6. The van der Waals surface area contributed by atoms with E-state index in [0.29, 0.717) is 12.2 Å². The van der Waals surface area contributed by atoms with Crippen LogP contribution in [0.2, 0.25) is 5.02 Å². The van der Waals surface area contributed by atoms with E-state index < -0.39 is 11.9 Å². The molecule has 0 unspecified atom stereocenters. The molecule has 2 heterocycles. The first kappa shape index (κ1) is 22.5. The predicted molar refractivity (Wildman–Crippen MR) is 109 cm³/mol. The van der Waals surface area contributed by atoms with Crippen LogP contribution in [0.1, 0.15) is 23.2 Å². The zero-order valence-electron chi connectivity index (χ0n) is 16.4. The van der Waals surface area contributed by atoms with Crippen molar-refractivity contribution in [1.82, 2.24) is 9.47 Å². The van der Waals surface area contributed by atoms with E-state index >= 15 is 0 Å². The van der Waals surface area contributed by atoms with Gasteiger partial charge >= 0.3 is 0 Å². The van der Waals surface area contributed by atoms with Crippen LogP contribution in [0.3, 0.4) is 0 Å². The molecule has 0 amide bonds. The number of carbonyl (C=O) groups excluding carboxylic acids is 2. The first-order valence-corrected chi connectivity index (χ1v) is 9.55. The van der Waals surface area contributed by atoms with Crippen molar-refractivity contribution in [3.05, 3.63) is 76.6 Å². The van der Waals surface area contributed by atoms with Gasteiger partial charge in [0, 0.05) is 35.6 Å². The molecule has 1 aromatic carbocycles. The molecule has 0 saturated heterocycles. The Morgan fingerprint density at radius 1 is 1.17 bits per heavy atom. The molecule has 0 fully saturated rings. The summed E-state index contributed by atoms with van der Waals surface area (Å²) < 4.78 is 2.34. The van der Waals surface area contributed by atoms with Crippen molar-refractivity contribution in [2.75, 3.05) is 20.6 Å². The van der Waals surface area contributed by atoms with Gasteiger partial charge in [-0.3, -0.25) is 0 Å². The summed E-state index contributed by atoms with van der Waals surface area (Å²) >= 11 is 6.24. The van der Waals surface area contributed by atoms with E-state index in [1.54, 1.807) is 0 Å². The fourth-order valence-electron chi connectivity index (χ4n) is 3.07. The fraction of sp³-hybridized carbons (Fsp3) is 0.273. The van der Waals surface area contributed by atoms with E-state index in [2.05, 4.69) is 60.1 Å². The Morgan fingerprint density at radius 3 is 2.48 bits per heavy atom. The molecular formula is C22H23ClN2O4-2. The van der Waals surface area contributed by atoms with Crippen molar-refractivity contribution in [2.24, 2.45) is 0 Å². The van der Waals surface area contributed by atoms with Crippen molar-refractivity contribution in [2.45, 2.75) is 19.4 Å². The van der Waals surface area contributed by atoms with Crippen LogP contribution in [-0.4, -0.2) is 42.0 Å². The zero-order chi connectivity index (χ0) is 21.4. The number of aliphatic carboxylic acids is 2. The topological polar surface area (TPSA) is 88.4 Å². The third-order valence-corrected chi connectivity index (χ3v) is 4.60. The maximum Gasteiger partial charge on any atom is 0.0643 e. The Bertz CT molecular complexity index is 913. The Kier molecular flexibility index (Phi) is 8.24. The second-order valence-corrected chi connectivity index (χ2v) is 7.26. The molecule has 7 heteroatoms. The van der Waals surface area contributed by atoms with Crippen molar-refractivity contribution < 1.29 is 19.8 Å². The molecule has 0 bridgehead atoms. The summed E-state index contributed by atoms with van der Waals surface area (Å²) in [6.45, 7) is 2.09. The number of carboxylic acid groups (broad SMARTS) is 2. The van der Waals surface area contributed by atoms with Gasteiger partial charge in [0.15, 0.2) is 0 Å². The first-order chi connectivity index (χ1) is 13.8. The van der Waals surface area contributed by atoms with Gasteiger partial charge in [0.25, 0.3) is 0 Å². The lowest BCUT2D eigenvalue weighted by molar-refractivity contribution is -0.301. The van der Waals surface area contributed by atoms with Crippen molar-refractivity contribution in [3.63, 3.8) is 0 Å². The molecular weight excluding hydrogens is 392 g/mol. The number of hydrogen-bond donors (Lipinski definition) is 0. The second-order valence-electron chi connectivity index (χ2n) is 6.82. The molecule has 1 aliphatic heterocycles. The average Bonchev–Trinajstić information content (AvgIpc) is 3.06. The van der Waals surface area contributed by atoms with Gasteiger partial charge in [-0.2, -0.15) is 0 Å². The summed E-state index contributed by atoms with van der Waals surface area (Å²) in [4.78, 5) is 21.0. The SMILES string of the molecule is CN(C)CC/C=C1\c2cc(Cl)ccc2CCn2cccc21.O=C([O-])/C=C\C(=O)[O-]. The number of carbonyl (C=O) groups is 2. The van der Waals surface area contributed by atoms with E-state index in [4.69, 9.17) is 11.6 Å². The molecule has 1 aliphatic rings. The summed E-state index contributed by atoms with van der Waals surface area (Å²) in [5.41, 5.74) is 5.30. The number of aromatic nitrogens is 1. The lowest BCUT2D eigenvalue weighted by Crippen LogP contribution is -2.23. The van der Waals surface area contributed by atoms with Crippen molar-refractivity contribution >= 4 is 29.1 Å². The summed E-state index contributed by atoms with van der Waals surface area (Å²) in [7, 11) is 4.22. The Balaban J connectivity index is 0.000000321. The minimum absolute atomic E-state index is 0.384. The molecule has 6 nitrogen and oxygen atoms in total. The molecule has 0 saturated carbocycles. The maximum atomic E-state index is 9.41. The van der Waals surface area contributed by atoms with E-state index in [-0.39, 0.29) is 0 Å². The van der Waals surface area contributed by atoms with Gasteiger partial charge in [-0.05, 0) is 74.5 Å². The Labute approximate surface area is 175 Å². The highest BCUT2D eigenvalue weighted by atomic mass is 35.5. The van der Waals surface area contributed by atoms with Crippen LogP contribution in [0, 0.1) is 0 Å². The van der Waals surface area contributed by atoms with Gasteiger partial charge in [0.2, 0.25) is 0 Å². The quantitative estimate of drug-likeness (QED) is 0.684. The molecule has 0 N–H and O–H groups in total. The number of aryl methyl sites for hydroxylation is 2. The summed E-state index contributed by atoms with van der Waals surface area (Å²) in [5, 5.41) is 19.6. The third kappa shape index (κ3) is 6.93. The van der Waals surface area contributed by atoms with E-state index in [1.807, 2.05) is 6.07 Å². The molecule has 0 radical (unpaired) electrons. The van der Waals surface area contributed by atoms with E-state index in [1.165, 1.54) is 22.4 Å². The molecule has 154 valence electrons. The summed E-state index contributed by atoms with van der Waals surface area (Å²) in [6, 6.07) is 10.6. The van der Waals surface area contributed by atoms with E-state index in [9.17, 15) is 19.8 Å². The number of halogens is 1. The summed E-state index contributed by atoms with van der Waals surface area (Å²) in [6.07, 6.45) is 7.39. The van der Waals surface area contributed by atoms with Crippen LogP contribution in [-0.2, 0) is 22.6 Å². The maximum absolute atomic E-state index is 9.41. The van der Waals surface area contributed by atoms with Gasteiger partial charge in [0.1, 0.15) is 0 Å². The Morgan fingerprint density at radius 2 is 1.86 bits per heavy atom. The lowest BCUT2D eigenvalue weighted by atomic mass is 9.96. The number of rotatable bonds is 5. The summed E-state index contributed by atoms with van der Waals surface area (Å²) in [5.74, 6) is -3.09. The molecule has 0 aliphatic carbocycles. The molecule has 0 spiro atoms. The van der Waals surface area contributed by atoms with Crippen LogP contribution in [0.15, 0.2) is 54.8 Å². The standard InChI is InChI=1S/C18H21ClN2.C4H4O4/c1-20(2)10-3-5-16-17-13-15(19)8-7-14(17)9-12-21-11-4-6-18(16)21;5-3(6)1-2-4(7)8/h4-8,11,13H,3,9-10,12H2,1-2H3;1-2H,(H,5,6)(H,7,8)/p-2/b16-5+;2-1-. The highest BCUT2D eigenvalue weighted by Gasteiger charge is 2.17. The van der Waals surface area contributed by atoms with Crippen LogP contribution >= 0.6 is 11.6 Å². The monoisotopic (exact) mass is 414 g/mol. The minimum Gasteiger partial charge on any atom is -0.545 e. The zero-order valence-corrected chi connectivity index (χ0v) is 17.2. The van der Waals surface area contributed by atoms with Crippen LogP contribution in [0.4, 0.5) is 0 Å². The normalized spacial score (nSPS) is 14.1. The molecule has 3 rings (SSSR count). The van der Waals surface area contributed by atoms with Gasteiger partial charge < -0.3 is 29.3 Å². The van der Waals surface area contributed by atoms with Crippen LogP contribution in [0.25, 0.3) is 5.57 Å². The number of carboxylic acids is 2. The first-order valence-electron chi connectivity index (χ1n) is 9.17. The van der Waals surface area contributed by atoms with Gasteiger partial charge in [-0.1, -0.05) is 23.7 Å². The molecule has 2 aromatic rings. The highest BCUT2D eigenvalue weighted by molar-refractivity contribution is 6.30. The molecule has 29 heavy (non-hydrogen) atoms. The lowest BCUT2D eigenvalue weighted by Gasteiger charge is -2.12. The smallest absolute Gasteiger partial charge is 0.0643 e. The van der Waals surface area contributed by atoms with Crippen molar-refractivity contribution in [1.29, 1.82) is 0 Å². The van der Waals surface area contributed by atoms with Gasteiger partial charge in [-0.25, -0.2) is 0 Å². The Hall–Kier alpha value is -2.83. The minimum atomic E-state index is -1.55. The highest BCUT2D eigenvalue weighted by Crippen LogP contribution is 2.32. The van der Waals surface area contributed by atoms with Crippen LogP contribution < -0.4 is 10.2 Å². The molecule has 0 atom stereocenters. The molecule has 1 aromatic heterocycles. The van der Waals surface area contributed by atoms with E-state index in [0.717, 1.165) is 31.0 Å². The largest absolute Gasteiger partial charge is 0.545 e. The van der Waals surface area contributed by atoms with Crippen LogP contribution in [0.5, 0.6) is 0 Å². The third-order valence-electron chi connectivity index (χ3n) is 4.37. The average molecular weight is 415 g/mol. The number of fused-ring (bicyclic) bond motifs is 2. The van der Waals surface area contributed by atoms with Crippen molar-refractivity contribution in [3.8, 4) is 0 Å². The number of benzene rings is 1.